The van der Waals surface area contributed by atoms with Crippen LogP contribution in [0.15, 0.2) is 35.7 Å². The van der Waals surface area contributed by atoms with Gasteiger partial charge in [0.05, 0.1) is 0 Å². The lowest BCUT2D eigenvalue weighted by atomic mass is 10.2. The normalized spacial score (nSPS) is 10.3. The number of hydrogen-bond acceptors (Lipinski definition) is 7. The SMILES string of the molecule is CC(C)CNC(=O)NC(=O)COC(=O)c1csc(NCc2ccccc2)n1. The summed E-state index contributed by atoms with van der Waals surface area (Å²) in [6.07, 6.45) is 0. The van der Waals surface area contributed by atoms with Gasteiger partial charge in [0.25, 0.3) is 5.91 Å². The fraction of sp³-hybridized carbons (Fsp3) is 0.333. The molecule has 0 bridgehead atoms. The Morgan fingerprint density at radius 3 is 2.63 bits per heavy atom. The number of ether oxygens (including phenoxy) is 1. The van der Waals surface area contributed by atoms with Gasteiger partial charge in [-0.2, -0.15) is 0 Å². The minimum absolute atomic E-state index is 0.104. The van der Waals surface area contributed by atoms with Crippen molar-refractivity contribution in [3.05, 3.63) is 47.0 Å². The number of esters is 1. The Morgan fingerprint density at radius 2 is 1.93 bits per heavy atom. The summed E-state index contributed by atoms with van der Waals surface area (Å²) >= 11 is 1.26. The maximum atomic E-state index is 12.0. The third-order valence-electron chi connectivity index (χ3n) is 3.26. The second kappa shape index (κ2) is 10.3. The Balaban J connectivity index is 1.73. The van der Waals surface area contributed by atoms with Gasteiger partial charge in [-0.3, -0.25) is 10.1 Å². The van der Waals surface area contributed by atoms with Crippen molar-refractivity contribution in [2.24, 2.45) is 5.92 Å². The van der Waals surface area contributed by atoms with Gasteiger partial charge in [-0.15, -0.1) is 11.3 Å². The Morgan fingerprint density at radius 1 is 1.19 bits per heavy atom. The number of nitrogens with zero attached hydrogens (tertiary/aromatic N) is 1. The molecular formula is C18H22N4O4S. The van der Waals surface area contributed by atoms with E-state index < -0.39 is 24.5 Å². The molecule has 0 aliphatic rings. The van der Waals surface area contributed by atoms with E-state index in [1.807, 2.05) is 44.2 Å². The summed E-state index contributed by atoms with van der Waals surface area (Å²) in [5.41, 5.74) is 1.19. The lowest BCUT2D eigenvalue weighted by Crippen LogP contribution is -2.42. The first-order valence-corrected chi connectivity index (χ1v) is 9.30. The van der Waals surface area contributed by atoms with Crippen molar-refractivity contribution >= 4 is 34.4 Å². The minimum atomic E-state index is -0.725. The summed E-state index contributed by atoms with van der Waals surface area (Å²) in [4.78, 5) is 39.2. The van der Waals surface area contributed by atoms with Crippen LogP contribution in [0.25, 0.3) is 0 Å². The number of urea groups is 1. The molecule has 0 fully saturated rings. The Labute approximate surface area is 161 Å². The predicted molar refractivity (Wildman–Crippen MR) is 103 cm³/mol. The molecular weight excluding hydrogens is 368 g/mol. The van der Waals surface area contributed by atoms with Gasteiger partial charge in [0.2, 0.25) is 0 Å². The molecule has 0 radical (unpaired) electrons. The number of hydrogen-bond donors (Lipinski definition) is 3. The van der Waals surface area contributed by atoms with Crippen molar-refractivity contribution in [3.8, 4) is 0 Å². The third-order valence-corrected chi connectivity index (χ3v) is 4.06. The van der Waals surface area contributed by atoms with Crippen LogP contribution in [0.5, 0.6) is 0 Å². The molecule has 0 aliphatic heterocycles. The Hall–Kier alpha value is -2.94. The van der Waals surface area contributed by atoms with E-state index in [1.54, 1.807) is 5.38 Å². The van der Waals surface area contributed by atoms with Crippen molar-refractivity contribution in [1.29, 1.82) is 0 Å². The van der Waals surface area contributed by atoms with Crippen LogP contribution in [0.3, 0.4) is 0 Å². The summed E-state index contributed by atoms with van der Waals surface area (Å²) in [6, 6.07) is 9.15. The van der Waals surface area contributed by atoms with Crippen LogP contribution < -0.4 is 16.0 Å². The van der Waals surface area contributed by atoms with Crippen LogP contribution in [-0.4, -0.2) is 36.0 Å². The number of imide groups is 1. The van der Waals surface area contributed by atoms with Gasteiger partial charge in [0.15, 0.2) is 17.4 Å². The van der Waals surface area contributed by atoms with E-state index in [0.717, 1.165) is 5.56 Å². The van der Waals surface area contributed by atoms with E-state index in [0.29, 0.717) is 18.2 Å². The van der Waals surface area contributed by atoms with Crippen molar-refractivity contribution in [3.63, 3.8) is 0 Å². The second-order valence-corrected chi connectivity index (χ2v) is 6.96. The molecule has 9 heteroatoms. The van der Waals surface area contributed by atoms with Gasteiger partial charge in [-0.1, -0.05) is 44.2 Å². The van der Waals surface area contributed by atoms with Gasteiger partial charge >= 0.3 is 12.0 Å². The third kappa shape index (κ3) is 7.45. The molecule has 144 valence electrons. The Kier molecular flexibility index (Phi) is 7.75. The smallest absolute Gasteiger partial charge is 0.358 e. The molecule has 0 atom stereocenters. The quantitative estimate of drug-likeness (QED) is 0.597. The number of anilines is 1. The fourth-order valence-corrected chi connectivity index (χ4v) is 2.61. The number of carbonyl (C=O) groups is 3. The average Bonchev–Trinajstić information content (AvgIpc) is 3.13. The van der Waals surface area contributed by atoms with Gasteiger partial charge in [-0.25, -0.2) is 14.6 Å². The molecule has 8 nitrogen and oxygen atoms in total. The molecule has 0 spiro atoms. The summed E-state index contributed by atoms with van der Waals surface area (Å²) < 4.78 is 4.88. The summed E-state index contributed by atoms with van der Waals surface area (Å²) in [5.74, 6) is -1.17. The fourth-order valence-electron chi connectivity index (χ4n) is 1.93. The summed E-state index contributed by atoms with van der Waals surface area (Å²) in [5, 5.41) is 9.86. The maximum absolute atomic E-state index is 12.0. The van der Waals surface area contributed by atoms with E-state index in [4.69, 9.17) is 4.74 Å². The molecule has 0 unspecified atom stereocenters. The van der Waals surface area contributed by atoms with Gasteiger partial charge < -0.3 is 15.4 Å². The van der Waals surface area contributed by atoms with E-state index in [9.17, 15) is 14.4 Å². The zero-order valence-electron chi connectivity index (χ0n) is 15.2. The number of rotatable bonds is 8. The molecule has 0 saturated heterocycles. The van der Waals surface area contributed by atoms with Gasteiger partial charge in [-0.05, 0) is 11.5 Å². The first-order chi connectivity index (χ1) is 12.9. The zero-order valence-corrected chi connectivity index (χ0v) is 16.0. The lowest BCUT2D eigenvalue weighted by Gasteiger charge is -2.08. The van der Waals surface area contributed by atoms with Crippen molar-refractivity contribution in [2.75, 3.05) is 18.5 Å². The average molecular weight is 390 g/mol. The molecule has 1 aromatic heterocycles. The van der Waals surface area contributed by atoms with Crippen LogP contribution in [-0.2, 0) is 16.1 Å². The van der Waals surface area contributed by atoms with Crippen LogP contribution in [0.1, 0.15) is 29.9 Å². The topological polar surface area (TPSA) is 109 Å². The lowest BCUT2D eigenvalue weighted by molar-refractivity contribution is -0.123. The van der Waals surface area contributed by atoms with Crippen LogP contribution in [0.4, 0.5) is 9.93 Å². The molecule has 0 saturated carbocycles. The largest absolute Gasteiger partial charge is 0.451 e. The van der Waals surface area contributed by atoms with Crippen LogP contribution >= 0.6 is 11.3 Å². The molecule has 1 heterocycles. The van der Waals surface area contributed by atoms with Crippen molar-refractivity contribution in [2.45, 2.75) is 20.4 Å². The monoisotopic (exact) mass is 390 g/mol. The summed E-state index contributed by atoms with van der Waals surface area (Å²) in [7, 11) is 0. The number of thiazole rings is 1. The standard InChI is InChI=1S/C18H22N4O4S/c1-12(2)8-19-17(25)22-15(23)10-26-16(24)14-11-27-18(21-14)20-9-13-6-4-3-5-7-13/h3-7,11-12H,8-10H2,1-2H3,(H,20,21)(H2,19,22,23,25). The highest BCUT2D eigenvalue weighted by molar-refractivity contribution is 7.13. The van der Waals surface area contributed by atoms with Gasteiger partial charge in [0, 0.05) is 18.5 Å². The highest BCUT2D eigenvalue weighted by atomic mass is 32.1. The number of nitrogens with one attached hydrogen (secondary N) is 3. The van der Waals surface area contributed by atoms with Crippen LogP contribution in [0, 0.1) is 5.92 Å². The molecule has 2 aromatic rings. The molecule has 2 rings (SSSR count). The van der Waals surface area contributed by atoms with E-state index in [2.05, 4.69) is 20.9 Å². The van der Waals surface area contributed by atoms with Crippen molar-refractivity contribution in [1.82, 2.24) is 15.6 Å². The number of aromatic nitrogens is 1. The van der Waals surface area contributed by atoms with Crippen LogP contribution in [0.2, 0.25) is 0 Å². The molecule has 3 amide bonds. The highest BCUT2D eigenvalue weighted by Gasteiger charge is 2.15. The molecule has 0 aliphatic carbocycles. The Bertz CT molecular complexity index is 777. The maximum Gasteiger partial charge on any atom is 0.358 e. The van der Waals surface area contributed by atoms with Gasteiger partial charge in [0.1, 0.15) is 0 Å². The first kappa shape index (κ1) is 20.4. The zero-order chi connectivity index (χ0) is 19.6. The number of amides is 3. The number of benzene rings is 1. The number of carbonyl (C=O) groups excluding carboxylic acids is 3. The molecule has 27 heavy (non-hydrogen) atoms. The minimum Gasteiger partial charge on any atom is -0.451 e. The highest BCUT2D eigenvalue weighted by Crippen LogP contribution is 2.17. The van der Waals surface area contributed by atoms with E-state index in [-0.39, 0.29) is 11.6 Å². The predicted octanol–water partition coefficient (Wildman–Crippen LogP) is 2.39. The van der Waals surface area contributed by atoms with Crippen molar-refractivity contribution < 1.29 is 19.1 Å². The second-order valence-electron chi connectivity index (χ2n) is 6.11. The molecule has 1 aromatic carbocycles. The van der Waals surface area contributed by atoms with E-state index in [1.165, 1.54) is 11.3 Å². The first-order valence-electron chi connectivity index (χ1n) is 8.42. The van der Waals surface area contributed by atoms with E-state index >= 15 is 0 Å². The summed E-state index contributed by atoms with van der Waals surface area (Å²) in [6.45, 7) is 4.33. The molecule has 3 N–H and O–H groups in total.